The van der Waals surface area contributed by atoms with Crippen LogP contribution in [-0.4, -0.2) is 67.4 Å². The van der Waals surface area contributed by atoms with Gasteiger partial charge in [-0.25, -0.2) is 8.78 Å². The number of hydrogen-bond donors (Lipinski definition) is 1. The maximum absolute atomic E-state index is 14.7. The molecule has 1 aromatic carbocycles. The Labute approximate surface area is 185 Å². The van der Waals surface area contributed by atoms with Crippen LogP contribution in [0, 0.1) is 11.6 Å². The van der Waals surface area contributed by atoms with E-state index in [1.807, 2.05) is 0 Å². The van der Waals surface area contributed by atoms with E-state index >= 15 is 0 Å². The standard InChI is InChI=1S/C23H28F2N2O5/c24-15-8-17(25)22-14-2-4-16(5-3-14)31-10-19-23(13-30-11-20(28)26-23)6-1-7-27(19)21(29)12-32-18(22)9-15/h8-9,14,16,19H,1-7,10-13H2,(H,26,28)/t14?,16?,19-,23+/m1/s1. The summed E-state index contributed by atoms with van der Waals surface area (Å²) in [6, 6.07) is 1.64. The molecule has 6 rings (SSSR count). The van der Waals surface area contributed by atoms with Crippen molar-refractivity contribution in [3.63, 3.8) is 0 Å². The first kappa shape index (κ1) is 21.6. The molecule has 2 bridgehead atoms. The minimum absolute atomic E-state index is 0.00428. The first-order valence-electron chi connectivity index (χ1n) is 11.4. The van der Waals surface area contributed by atoms with Gasteiger partial charge in [-0.15, -0.1) is 0 Å². The lowest BCUT2D eigenvalue weighted by Crippen LogP contribution is -2.72. The number of rotatable bonds is 0. The predicted octanol–water partition coefficient (Wildman–Crippen LogP) is 2.28. The van der Waals surface area contributed by atoms with Crippen molar-refractivity contribution in [3.05, 3.63) is 29.3 Å². The number of carbonyl (C=O) groups is 2. The second-order valence-corrected chi connectivity index (χ2v) is 9.30. The zero-order valence-electron chi connectivity index (χ0n) is 17.9. The van der Waals surface area contributed by atoms with Crippen molar-refractivity contribution in [2.75, 3.05) is 33.0 Å². The Morgan fingerprint density at radius 2 is 1.91 bits per heavy atom. The number of nitrogens with one attached hydrogen (secondary N) is 1. The molecule has 4 aliphatic heterocycles. The quantitative estimate of drug-likeness (QED) is 0.656. The molecule has 5 aliphatic rings. The lowest BCUT2D eigenvalue weighted by Gasteiger charge is -2.51. The van der Waals surface area contributed by atoms with Gasteiger partial charge in [0.2, 0.25) is 5.91 Å². The summed E-state index contributed by atoms with van der Waals surface area (Å²) in [6.45, 7) is 0.743. The highest BCUT2D eigenvalue weighted by Crippen LogP contribution is 2.41. The molecule has 1 N–H and O–H groups in total. The molecule has 7 nitrogen and oxygen atoms in total. The summed E-state index contributed by atoms with van der Waals surface area (Å²) < 4.78 is 46.3. The van der Waals surface area contributed by atoms with Crippen molar-refractivity contribution in [1.29, 1.82) is 0 Å². The van der Waals surface area contributed by atoms with E-state index in [-0.39, 0.29) is 49.4 Å². The van der Waals surface area contributed by atoms with Crippen LogP contribution in [0.4, 0.5) is 8.78 Å². The summed E-state index contributed by atoms with van der Waals surface area (Å²) in [7, 11) is 0. The number of morpholine rings is 1. The number of hydrogen-bond acceptors (Lipinski definition) is 5. The molecule has 2 atom stereocenters. The molecule has 1 aliphatic carbocycles. The van der Waals surface area contributed by atoms with Gasteiger partial charge in [0.15, 0.2) is 6.61 Å². The maximum atomic E-state index is 14.7. The molecule has 174 valence electrons. The first-order chi connectivity index (χ1) is 15.4. The van der Waals surface area contributed by atoms with Crippen molar-refractivity contribution < 1.29 is 32.6 Å². The third-order valence-electron chi connectivity index (χ3n) is 7.32. The second-order valence-electron chi connectivity index (χ2n) is 9.30. The Kier molecular flexibility index (Phi) is 5.79. The lowest BCUT2D eigenvalue weighted by atomic mass is 9.80. The highest BCUT2D eigenvalue weighted by Gasteiger charge is 2.50. The van der Waals surface area contributed by atoms with Gasteiger partial charge < -0.3 is 24.4 Å². The smallest absolute Gasteiger partial charge is 0.260 e. The molecule has 0 aromatic heterocycles. The summed E-state index contributed by atoms with van der Waals surface area (Å²) in [5, 5.41) is 3.07. The predicted molar refractivity (Wildman–Crippen MR) is 109 cm³/mol. The van der Waals surface area contributed by atoms with Crippen molar-refractivity contribution in [3.8, 4) is 5.75 Å². The molecular formula is C23H28F2N2O5. The molecule has 0 unspecified atom stereocenters. The fourth-order valence-electron chi connectivity index (χ4n) is 5.77. The van der Waals surface area contributed by atoms with Crippen LogP contribution < -0.4 is 10.1 Å². The Bertz CT molecular complexity index is 901. The number of carbonyl (C=O) groups excluding carboxylic acids is 2. The van der Waals surface area contributed by atoms with Crippen LogP contribution >= 0.6 is 0 Å². The van der Waals surface area contributed by atoms with Crippen LogP contribution in [0.15, 0.2) is 12.1 Å². The number of fused-ring (bicyclic) bond motifs is 5. The Morgan fingerprint density at radius 3 is 2.69 bits per heavy atom. The number of ether oxygens (including phenoxy) is 3. The Morgan fingerprint density at radius 1 is 1.09 bits per heavy atom. The van der Waals surface area contributed by atoms with Crippen molar-refractivity contribution in [2.45, 2.75) is 62.1 Å². The van der Waals surface area contributed by atoms with Crippen molar-refractivity contribution in [1.82, 2.24) is 10.2 Å². The van der Waals surface area contributed by atoms with Gasteiger partial charge in [-0.05, 0) is 44.4 Å². The normalized spacial score (nSPS) is 33.3. The number of halogens is 2. The van der Waals surface area contributed by atoms with Gasteiger partial charge in [-0.3, -0.25) is 9.59 Å². The Hall–Kier alpha value is -2.26. The fraction of sp³-hybridized carbons (Fsp3) is 0.652. The van der Waals surface area contributed by atoms with Gasteiger partial charge in [0.25, 0.3) is 5.91 Å². The molecule has 1 spiro atoms. The van der Waals surface area contributed by atoms with Gasteiger partial charge in [0, 0.05) is 24.2 Å². The van der Waals surface area contributed by atoms with Gasteiger partial charge >= 0.3 is 0 Å². The summed E-state index contributed by atoms with van der Waals surface area (Å²) >= 11 is 0. The number of piperidine rings is 1. The topological polar surface area (TPSA) is 77.1 Å². The van der Waals surface area contributed by atoms with Crippen LogP contribution in [0.5, 0.6) is 5.75 Å². The molecule has 0 radical (unpaired) electrons. The van der Waals surface area contributed by atoms with E-state index < -0.39 is 23.2 Å². The van der Waals surface area contributed by atoms with E-state index in [1.54, 1.807) is 4.90 Å². The average Bonchev–Trinajstić information content (AvgIpc) is 2.77. The molecular weight excluding hydrogens is 422 g/mol. The van der Waals surface area contributed by atoms with Gasteiger partial charge in [0.05, 0.1) is 30.9 Å². The molecule has 2 saturated heterocycles. The average molecular weight is 450 g/mol. The molecule has 1 saturated carbocycles. The van der Waals surface area contributed by atoms with E-state index in [9.17, 15) is 18.4 Å². The van der Waals surface area contributed by atoms with Crippen LogP contribution in [0.1, 0.15) is 50.0 Å². The molecule has 2 amide bonds. The third kappa shape index (κ3) is 3.96. The maximum Gasteiger partial charge on any atom is 0.260 e. The molecule has 32 heavy (non-hydrogen) atoms. The second kappa shape index (κ2) is 8.59. The van der Waals surface area contributed by atoms with E-state index in [1.165, 1.54) is 0 Å². The van der Waals surface area contributed by atoms with Gasteiger partial charge in [-0.1, -0.05) is 0 Å². The van der Waals surface area contributed by atoms with E-state index in [0.29, 0.717) is 44.4 Å². The lowest BCUT2D eigenvalue weighted by molar-refractivity contribution is -0.156. The molecule has 9 heteroatoms. The molecule has 4 heterocycles. The van der Waals surface area contributed by atoms with Gasteiger partial charge in [0.1, 0.15) is 24.0 Å². The Balaban J connectivity index is 1.48. The number of benzene rings is 1. The highest BCUT2D eigenvalue weighted by atomic mass is 19.1. The highest BCUT2D eigenvalue weighted by molar-refractivity contribution is 5.81. The minimum Gasteiger partial charge on any atom is -0.483 e. The molecule has 1 aromatic rings. The van der Waals surface area contributed by atoms with Crippen LogP contribution in [0.2, 0.25) is 0 Å². The summed E-state index contributed by atoms with van der Waals surface area (Å²) in [5.41, 5.74) is -0.368. The zero-order valence-corrected chi connectivity index (χ0v) is 17.9. The monoisotopic (exact) mass is 450 g/mol. The largest absolute Gasteiger partial charge is 0.483 e. The van der Waals surface area contributed by atoms with Crippen LogP contribution in [-0.2, 0) is 19.1 Å². The summed E-state index contributed by atoms with van der Waals surface area (Å²) in [6.07, 6.45) is 4.21. The number of amides is 2. The van der Waals surface area contributed by atoms with E-state index in [0.717, 1.165) is 25.0 Å². The fourth-order valence-corrected chi connectivity index (χ4v) is 5.77. The number of nitrogens with zero attached hydrogens (tertiary/aromatic N) is 1. The SMILES string of the molecule is O=C1COC[C@]2(CCCN3C(=O)COc4cc(F)cc(F)c4C4CCC(CC4)OC[C@@H]32)N1. The van der Waals surface area contributed by atoms with Crippen LogP contribution in [0.3, 0.4) is 0 Å². The summed E-state index contributed by atoms with van der Waals surface area (Å²) in [5.74, 6) is -1.89. The summed E-state index contributed by atoms with van der Waals surface area (Å²) in [4.78, 5) is 27.1. The van der Waals surface area contributed by atoms with Crippen molar-refractivity contribution in [2.24, 2.45) is 0 Å². The first-order valence-corrected chi connectivity index (χ1v) is 11.4. The van der Waals surface area contributed by atoms with Gasteiger partial charge in [-0.2, -0.15) is 0 Å². The molecule has 3 fully saturated rings. The minimum atomic E-state index is -0.730. The zero-order chi connectivity index (χ0) is 22.3. The van der Waals surface area contributed by atoms with E-state index in [4.69, 9.17) is 14.2 Å². The van der Waals surface area contributed by atoms with Crippen LogP contribution in [0.25, 0.3) is 0 Å². The van der Waals surface area contributed by atoms with E-state index in [2.05, 4.69) is 5.32 Å². The third-order valence-corrected chi connectivity index (χ3v) is 7.32. The van der Waals surface area contributed by atoms with Crippen molar-refractivity contribution >= 4 is 11.8 Å².